The van der Waals surface area contributed by atoms with Gasteiger partial charge in [-0.15, -0.1) is 11.3 Å². The number of carbonyl (C=O) groups excluding carboxylic acids is 1. The number of nitrogens with zero attached hydrogens (tertiary/aromatic N) is 1. The lowest BCUT2D eigenvalue weighted by Gasteiger charge is -2.23. The monoisotopic (exact) mass is 227 g/mol. The standard InChI is InChI=1S/C10H13NOS2/c1-7(9-3-2-4-14-9)11-6-8(13)5-10(11)12/h2-4,7-8,13H,5-6H2,1H3. The smallest absolute Gasteiger partial charge is 0.224 e. The molecule has 2 unspecified atom stereocenters. The minimum Gasteiger partial charge on any atom is -0.334 e. The Labute approximate surface area is 93.3 Å². The lowest BCUT2D eigenvalue weighted by molar-refractivity contribution is -0.129. The Kier molecular flexibility index (Phi) is 2.83. The normalized spacial score (nSPS) is 24.3. The Balaban J connectivity index is 2.12. The molecule has 0 N–H and O–H groups in total. The number of amides is 1. The Morgan fingerprint density at radius 2 is 2.50 bits per heavy atom. The fraction of sp³-hybridized carbons (Fsp3) is 0.500. The maximum atomic E-state index is 11.6. The maximum Gasteiger partial charge on any atom is 0.224 e. The zero-order valence-electron chi connectivity index (χ0n) is 8.01. The summed E-state index contributed by atoms with van der Waals surface area (Å²) in [5.74, 6) is 0.228. The predicted octanol–water partition coefficient (Wildman–Crippen LogP) is 2.34. The van der Waals surface area contributed by atoms with Crippen LogP contribution >= 0.6 is 24.0 Å². The molecule has 1 aromatic rings. The summed E-state index contributed by atoms with van der Waals surface area (Å²) in [6.45, 7) is 2.86. The molecule has 0 radical (unpaired) electrons. The van der Waals surface area contributed by atoms with Gasteiger partial charge in [0.05, 0.1) is 6.04 Å². The van der Waals surface area contributed by atoms with E-state index in [4.69, 9.17) is 0 Å². The van der Waals surface area contributed by atoms with Crippen molar-refractivity contribution >= 4 is 29.9 Å². The van der Waals surface area contributed by atoms with Crippen LogP contribution in [0.25, 0.3) is 0 Å². The summed E-state index contributed by atoms with van der Waals surface area (Å²) in [4.78, 5) is 14.8. The number of hydrogen-bond donors (Lipinski definition) is 1. The van der Waals surface area contributed by atoms with Crippen LogP contribution in [0.5, 0.6) is 0 Å². The molecule has 1 saturated heterocycles. The summed E-state index contributed by atoms with van der Waals surface area (Å²) >= 11 is 6.05. The van der Waals surface area contributed by atoms with Crippen LogP contribution in [0.2, 0.25) is 0 Å². The molecule has 14 heavy (non-hydrogen) atoms. The molecule has 2 nitrogen and oxygen atoms in total. The number of carbonyl (C=O) groups is 1. The highest BCUT2D eigenvalue weighted by Gasteiger charge is 2.31. The molecule has 0 saturated carbocycles. The van der Waals surface area contributed by atoms with E-state index in [0.717, 1.165) is 6.54 Å². The fourth-order valence-corrected chi connectivity index (χ4v) is 2.90. The molecule has 0 bridgehead atoms. The molecule has 1 amide bonds. The predicted molar refractivity (Wildman–Crippen MR) is 61.8 cm³/mol. The van der Waals surface area contributed by atoms with Gasteiger partial charge >= 0.3 is 0 Å². The van der Waals surface area contributed by atoms with Crippen molar-refractivity contribution in [1.82, 2.24) is 4.90 Å². The van der Waals surface area contributed by atoms with Crippen molar-refractivity contribution in [1.29, 1.82) is 0 Å². The molecule has 2 rings (SSSR count). The molecule has 2 atom stereocenters. The average Bonchev–Trinajstić information content (AvgIpc) is 2.73. The number of thiol groups is 1. The molecule has 2 heterocycles. The average molecular weight is 227 g/mol. The van der Waals surface area contributed by atoms with Gasteiger partial charge in [-0.05, 0) is 18.4 Å². The van der Waals surface area contributed by atoms with E-state index in [9.17, 15) is 4.79 Å². The van der Waals surface area contributed by atoms with Crippen LogP contribution in [0.1, 0.15) is 24.3 Å². The second kappa shape index (κ2) is 3.95. The minimum atomic E-state index is 0.208. The molecule has 4 heteroatoms. The second-order valence-corrected chi connectivity index (χ2v) is 5.31. The number of likely N-dealkylation sites (tertiary alicyclic amines) is 1. The van der Waals surface area contributed by atoms with E-state index < -0.39 is 0 Å². The summed E-state index contributed by atoms with van der Waals surface area (Å²) < 4.78 is 0. The van der Waals surface area contributed by atoms with Gasteiger partial charge in [0.15, 0.2) is 0 Å². The minimum absolute atomic E-state index is 0.208. The Hall–Kier alpha value is -0.480. The summed E-state index contributed by atoms with van der Waals surface area (Å²) in [6.07, 6.45) is 0.582. The van der Waals surface area contributed by atoms with E-state index in [2.05, 4.69) is 25.6 Å². The lowest BCUT2D eigenvalue weighted by atomic mass is 10.2. The topological polar surface area (TPSA) is 20.3 Å². The quantitative estimate of drug-likeness (QED) is 0.769. The first-order valence-electron chi connectivity index (χ1n) is 4.69. The van der Waals surface area contributed by atoms with Crippen molar-refractivity contribution < 1.29 is 4.79 Å². The van der Waals surface area contributed by atoms with E-state index in [0.29, 0.717) is 6.42 Å². The largest absolute Gasteiger partial charge is 0.334 e. The molecule has 1 fully saturated rings. The maximum absolute atomic E-state index is 11.6. The van der Waals surface area contributed by atoms with Gasteiger partial charge in [0.25, 0.3) is 0 Å². The fourth-order valence-electron chi connectivity index (χ4n) is 1.77. The summed E-state index contributed by atoms with van der Waals surface area (Å²) in [7, 11) is 0. The van der Waals surface area contributed by atoms with Crippen molar-refractivity contribution in [2.75, 3.05) is 6.54 Å². The molecular weight excluding hydrogens is 214 g/mol. The molecule has 0 aliphatic carbocycles. The van der Waals surface area contributed by atoms with E-state index in [1.807, 2.05) is 16.3 Å². The molecule has 76 valence electrons. The second-order valence-electron chi connectivity index (χ2n) is 3.60. The van der Waals surface area contributed by atoms with Crippen LogP contribution in [0.15, 0.2) is 17.5 Å². The molecule has 1 aromatic heterocycles. The highest BCUT2D eigenvalue weighted by Crippen LogP contribution is 2.29. The van der Waals surface area contributed by atoms with Crippen molar-refractivity contribution in [2.24, 2.45) is 0 Å². The van der Waals surface area contributed by atoms with Crippen LogP contribution < -0.4 is 0 Å². The van der Waals surface area contributed by atoms with Crippen molar-refractivity contribution in [3.05, 3.63) is 22.4 Å². The lowest BCUT2D eigenvalue weighted by Crippen LogP contribution is -2.28. The van der Waals surface area contributed by atoms with Gasteiger partial charge in [0.1, 0.15) is 0 Å². The first-order chi connectivity index (χ1) is 6.68. The van der Waals surface area contributed by atoms with Crippen LogP contribution in [-0.2, 0) is 4.79 Å². The highest BCUT2D eigenvalue weighted by molar-refractivity contribution is 7.81. The third-order valence-electron chi connectivity index (χ3n) is 2.56. The van der Waals surface area contributed by atoms with Crippen LogP contribution in [0.4, 0.5) is 0 Å². The van der Waals surface area contributed by atoms with Gasteiger partial charge in [-0.2, -0.15) is 12.6 Å². The van der Waals surface area contributed by atoms with Crippen LogP contribution in [0.3, 0.4) is 0 Å². The van der Waals surface area contributed by atoms with Crippen LogP contribution in [0, 0.1) is 0 Å². The first-order valence-corrected chi connectivity index (χ1v) is 6.09. The van der Waals surface area contributed by atoms with E-state index in [1.54, 1.807) is 11.3 Å². The summed E-state index contributed by atoms with van der Waals surface area (Å²) in [5.41, 5.74) is 0. The van der Waals surface area contributed by atoms with Crippen molar-refractivity contribution in [3.63, 3.8) is 0 Å². The third kappa shape index (κ3) is 1.81. The number of hydrogen-bond acceptors (Lipinski definition) is 3. The van der Waals surface area contributed by atoms with E-state index in [1.165, 1.54) is 4.88 Å². The van der Waals surface area contributed by atoms with Crippen molar-refractivity contribution in [3.8, 4) is 0 Å². The molecule has 0 aromatic carbocycles. The molecule has 0 spiro atoms. The SMILES string of the molecule is CC(c1cccs1)N1CC(S)CC1=O. The molecule has 1 aliphatic rings. The van der Waals surface area contributed by atoms with Gasteiger partial charge in [-0.25, -0.2) is 0 Å². The third-order valence-corrected chi connectivity index (χ3v) is 3.95. The Morgan fingerprint density at radius 3 is 3.00 bits per heavy atom. The molecule has 1 aliphatic heterocycles. The van der Waals surface area contributed by atoms with Gasteiger partial charge < -0.3 is 4.90 Å². The number of rotatable bonds is 2. The van der Waals surface area contributed by atoms with Crippen LogP contribution in [-0.4, -0.2) is 22.6 Å². The van der Waals surface area contributed by atoms with E-state index in [-0.39, 0.29) is 17.2 Å². The van der Waals surface area contributed by atoms with Gasteiger partial charge in [0, 0.05) is 23.1 Å². The van der Waals surface area contributed by atoms with Gasteiger partial charge in [-0.3, -0.25) is 4.79 Å². The summed E-state index contributed by atoms with van der Waals surface area (Å²) in [6, 6.07) is 4.31. The zero-order chi connectivity index (χ0) is 10.1. The first kappa shape index (κ1) is 10.1. The number of thiophene rings is 1. The molecular formula is C10H13NOS2. The Bertz CT molecular complexity index is 323. The van der Waals surface area contributed by atoms with Crippen molar-refractivity contribution in [2.45, 2.75) is 24.6 Å². The Morgan fingerprint density at radius 1 is 1.71 bits per heavy atom. The highest BCUT2D eigenvalue weighted by atomic mass is 32.1. The summed E-state index contributed by atoms with van der Waals surface area (Å²) in [5, 5.41) is 2.26. The van der Waals surface area contributed by atoms with Gasteiger partial charge in [0.2, 0.25) is 5.91 Å². The van der Waals surface area contributed by atoms with Gasteiger partial charge in [-0.1, -0.05) is 6.07 Å². The van der Waals surface area contributed by atoms with E-state index >= 15 is 0 Å². The zero-order valence-corrected chi connectivity index (χ0v) is 9.72.